The summed E-state index contributed by atoms with van der Waals surface area (Å²) in [5, 5.41) is 14.8. The number of hydrogen-bond donors (Lipinski definition) is 1. The highest BCUT2D eigenvalue weighted by Crippen LogP contribution is 2.29. The third-order valence-corrected chi connectivity index (χ3v) is 5.66. The maximum atomic E-state index is 13.2. The summed E-state index contributed by atoms with van der Waals surface area (Å²) < 4.78 is 3.58. The van der Waals surface area contributed by atoms with Crippen LogP contribution in [0.25, 0.3) is 21.6 Å². The molecule has 0 fully saturated rings. The van der Waals surface area contributed by atoms with Crippen molar-refractivity contribution < 1.29 is 4.79 Å². The second-order valence-electron chi connectivity index (χ2n) is 6.73. The van der Waals surface area contributed by atoms with E-state index in [1.54, 1.807) is 16.0 Å². The summed E-state index contributed by atoms with van der Waals surface area (Å²) in [7, 11) is 1.85. The van der Waals surface area contributed by atoms with Crippen molar-refractivity contribution in [1.82, 2.24) is 29.9 Å². The highest BCUT2D eigenvalue weighted by molar-refractivity contribution is 7.13. The number of nitrogens with one attached hydrogen (secondary N) is 1. The van der Waals surface area contributed by atoms with Gasteiger partial charge >= 0.3 is 0 Å². The number of hydrogen-bond acceptors (Lipinski definition) is 5. The molecule has 0 aliphatic carbocycles. The van der Waals surface area contributed by atoms with Crippen molar-refractivity contribution in [2.24, 2.45) is 7.05 Å². The lowest BCUT2D eigenvalue weighted by Crippen LogP contribution is -2.27. The maximum Gasteiger partial charge on any atom is 0.252 e. The molecule has 0 bridgehead atoms. The summed E-state index contributed by atoms with van der Waals surface area (Å²) in [6.45, 7) is 6.67. The van der Waals surface area contributed by atoms with Crippen molar-refractivity contribution >= 4 is 28.3 Å². The first-order valence-electron chi connectivity index (χ1n) is 9.20. The second-order valence-corrected chi connectivity index (χ2v) is 7.68. The van der Waals surface area contributed by atoms with Crippen molar-refractivity contribution in [2.75, 3.05) is 0 Å². The molecule has 1 amide bonds. The van der Waals surface area contributed by atoms with E-state index >= 15 is 0 Å². The van der Waals surface area contributed by atoms with Crippen LogP contribution in [0.2, 0.25) is 0 Å². The van der Waals surface area contributed by atoms with Gasteiger partial charge < -0.3 is 5.32 Å². The number of nitrogens with zero attached hydrogens (tertiary/aromatic N) is 5. The Morgan fingerprint density at radius 2 is 2.14 bits per heavy atom. The third-order valence-electron chi connectivity index (χ3n) is 4.76. The molecule has 0 aromatic carbocycles. The van der Waals surface area contributed by atoms with Gasteiger partial charge in [-0.05, 0) is 44.4 Å². The number of fused-ring (bicyclic) bond motifs is 1. The summed E-state index contributed by atoms with van der Waals surface area (Å²) in [6, 6.07) is 7.57. The van der Waals surface area contributed by atoms with E-state index in [1.807, 2.05) is 68.3 Å². The molecule has 28 heavy (non-hydrogen) atoms. The van der Waals surface area contributed by atoms with Crippen LogP contribution in [-0.2, 0) is 13.6 Å². The number of aromatic nitrogens is 5. The first-order chi connectivity index (χ1) is 13.5. The van der Waals surface area contributed by atoms with Crippen LogP contribution in [-0.4, -0.2) is 30.5 Å². The van der Waals surface area contributed by atoms with E-state index in [0.29, 0.717) is 11.2 Å². The summed E-state index contributed by atoms with van der Waals surface area (Å²) in [5.41, 5.74) is 3.69. The summed E-state index contributed by atoms with van der Waals surface area (Å²) in [4.78, 5) is 19.0. The lowest BCUT2D eigenvalue weighted by Gasteiger charge is -2.13. The van der Waals surface area contributed by atoms with Gasteiger partial charge in [0.2, 0.25) is 0 Å². The largest absolute Gasteiger partial charge is 0.344 e. The zero-order valence-corrected chi connectivity index (χ0v) is 17.1. The van der Waals surface area contributed by atoms with E-state index in [4.69, 9.17) is 4.98 Å². The zero-order valence-electron chi connectivity index (χ0n) is 16.3. The van der Waals surface area contributed by atoms with Gasteiger partial charge in [-0.15, -0.1) is 11.3 Å². The lowest BCUT2D eigenvalue weighted by atomic mass is 10.1. The molecular formula is C20H22N6OS. The van der Waals surface area contributed by atoms with Gasteiger partial charge in [0.05, 0.1) is 39.0 Å². The molecule has 144 valence electrons. The highest BCUT2D eigenvalue weighted by atomic mass is 32.1. The molecule has 4 aromatic heterocycles. The van der Waals surface area contributed by atoms with E-state index < -0.39 is 0 Å². The average Bonchev–Trinajstić information content (AvgIpc) is 3.42. The highest BCUT2D eigenvalue weighted by Gasteiger charge is 2.21. The molecule has 7 nitrogen and oxygen atoms in total. The molecule has 0 saturated carbocycles. The van der Waals surface area contributed by atoms with Crippen molar-refractivity contribution in [3.63, 3.8) is 0 Å². The smallest absolute Gasteiger partial charge is 0.252 e. The minimum absolute atomic E-state index is 0.153. The van der Waals surface area contributed by atoms with Gasteiger partial charge in [0, 0.05) is 19.8 Å². The quantitative estimate of drug-likeness (QED) is 0.560. The molecule has 0 radical (unpaired) electrons. The molecule has 0 unspecified atom stereocenters. The fraction of sp³-hybridized carbons (Fsp3) is 0.300. The summed E-state index contributed by atoms with van der Waals surface area (Å²) in [5.74, 6) is -0.153. The van der Waals surface area contributed by atoms with Crippen LogP contribution in [0.1, 0.15) is 41.6 Å². The molecule has 0 spiro atoms. The molecule has 4 heterocycles. The first-order valence-corrected chi connectivity index (χ1v) is 10.1. The van der Waals surface area contributed by atoms with E-state index in [2.05, 4.69) is 15.5 Å². The number of aryl methyl sites for hydroxylation is 3. The van der Waals surface area contributed by atoms with E-state index in [-0.39, 0.29) is 11.9 Å². The van der Waals surface area contributed by atoms with Crippen molar-refractivity contribution in [1.29, 1.82) is 0 Å². The molecule has 0 aliphatic heterocycles. The van der Waals surface area contributed by atoms with Crippen LogP contribution >= 0.6 is 11.3 Å². The fourth-order valence-electron chi connectivity index (χ4n) is 3.31. The van der Waals surface area contributed by atoms with E-state index in [9.17, 15) is 4.79 Å². The van der Waals surface area contributed by atoms with Gasteiger partial charge in [-0.25, -0.2) is 4.98 Å². The number of pyridine rings is 1. The average molecular weight is 395 g/mol. The minimum atomic E-state index is -0.203. The Balaban J connectivity index is 1.74. The Bertz CT molecular complexity index is 1140. The maximum absolute atomic E-state index is 13.2. The monoisotopic (exact) mass is 394 g/mol. The fourth-order valence-corrected chi connectivity index (χ4v) is 3.99. The minimum Gasteiger partial charge on any atom is -0.344 e. The Morgan fingerprint density at radius 1 is 1.32 bits per heavy atom. The Morgan fingerprint density at radius 3 is 2.82 bits per heavy atom. The van der Waals surface area contributed by atoms with Gasteiger partial charge in [-0.1, -0.05) is 6.07 Å². The molecule has 0 saturated heterocycles. The molecule has 1 atom stereocenters. The van der Waals surface area contributed by atoms with Crippen LogP contribution in [0.15, 0.2) is 35.8 Å². The molecular weight excluding hydrogens is 372 g/mol. The topological polar surface area (TPSA) is 77.6 Å². The van der Waals surface area contributed by atoms with Gasteiger partial charge in [0.25, 0.3) is 5.91 Å². The van der Waals surface area contributed by atoms with Gasteiger partial charge in [0.1, 0.15) is 0 Å². The zero-order chi connectivity index (χ0) is 19.8. The van der Waals surface area contributed by atoms with Crippen LogP contribution in [0.4, 0.5) is 0 Å². The summed E-state index contributed by atoms with van der Waals surface area (Å²) in [6.07, 6.45) is 1.92. The Kier molecular flexibility index (Phi) is 4.72. The molecule has 4 aromatic rings. The van der Waals surface area contributed by atoms with Crippen LogP contribution < -0.4 is 5.32 Å². The predicted molar refractivity (Wildman–Crippen MR) is 110 cm³/mol. The first kappa shape index (κ1) is 18.4. The molecule has 8 heteroatoms. The van der Waals surface area contributed by atoms with Gasteiger partial charge in [-0.3, -0.25) is 14.2 Å². The molecule has 0 aliphatic rings. The standard InChI is InChI=1S/C20H22N6OS/c1-5-26-9-8-15(24-26)12(2)21-20(27)14-11-16(17-7-6-10-28-17)22-19-18(14)13(3)23-25(19)4/h6-12H,5H2,1-4H3,(H,21,27)/t12-/m0/s1. The van der Waals surface area contributed by atoms with Gasteiger partial charge in [-0.2, -0.15) is 10.2 Å². The number of thiophene rings is 1. The Hall–Kier alpha value is -3.00. The van der Waals surface area contributed by atoms with Crippen molar-refractivity contribution in [2.45, 2.75) is 33.4 Å². The van der Waals surface area contributed by atoms with Gasteiger partial charge in [0.15, 0.2) is 5.65 Å². The SMILES string of the molecule is CCn1ccc([C@H](C)NC(=O)c2cc(-c3cccs3)nc3c2c(C)nn3C)n1. The van der Waals surface area contributed by atoms with Crippen LogP contribution in [0.5, 0.6) is 0 Å². The van der Waals surface area contributed by atoms with Crippen LogP contribution in [0.3, 0.4) is 0 Å². The lowest BCUT2D eigenvalue weighted by molar-refractivity contribution is 0.0940. The Labute approximate surface area is 167 Å². The van der Waals surface area contributed by atoms with Crippen LogP contribution in [0, 0.1) is 6.92 Å². The second kappa shape index (κ2) is 7.20. The normalized spacial score (nSPS) is 12.4. The molecule has 1 N–H and O–H groups in total. The van der Waals surface area contributed by atoms with Crippen molar-refractivity contribution in [3.8, 4) is 10.6 Å². The molecule has 4 rings (SSSR count). The number of carbonyl (C=O) groups is 1. The van der Waals surface area contributed by atoms with E-state index in [1.165, 1.54) is 0 Å². The number of rotatable bonds is 5. The summed E-state index contributed by atoms with van der Waals surface area (Å²) >= 11 is 1.60. The number of carbonyl (C=O) groups excluding carboxylic acids is 1. The number of amides is 1. The third kappa shape index (κ3) is 3.20. The predicted octanol–water partition coefficient (Wildman–Crippen LogP) is 3.71. The van der Waals surface area contributed by atoms with Crippen molar-refractivity contribution in [3.05, 3.63) is 52.8 Å². The van der Waals surface area contributed by atoms with E-state index in [0.717, 1.165) is 33.9 Å².